The number of hydrogen-bond acceptors (Lipinski definition) is 2. The van der Waals surface area contributed by atoms with E-state index in [0.717, 1.165) is 38.5 Å². The first-order valence-corrected chi connectivity index (χ1v) is 8.62. The van der Waals surface area contributed by atoms with Gasteiger partial charge in [-0.15, -0.1) is 13.2 Å². The molecule has 24 heavy (non-hydrogen) atoms. The predicted molar refractivity (Wildman–Crippen MR) is 92.4 cm³/mol. The third-order valence-electron chi connectivity index (χ3n) is 4.52. The molecule has 0 atom stereocenters. The van der Waals surface area contributed by atoms with Gasteiger partial charge in [-0.05, 0) is 62.5 Å². The average Bonchev–Trinajstić information content (AvgIpc) is 2.62. The van der Waals surface area contributed by atoms with Crippen molar-refractivity contribution in [1.29, 1.82) is 0 Å². The summed E-state index contributed by atoms with van der Waals surface area (Å²) in [5.41, 5.74) is 0. The van der Waals surface area contributed by atoms with Gasteiger partial charge in [0.15, 0.2) is 11.5 Å². The normalized spacial score (nSPS) is 20.4. The van der Waals surface area contributed by atoms with Gasteiger partial charge in [-0.25, -0.2) is 0 Å². The molecule has 0 radical (unpaired) electrons. The minimum atomic E-state index is -0.985. The fourth-order valence-corrected chi connectivity index (χ4v) is 2.95. The van der Waals surface area contributed by atoms with Crippen molar-refractivity contribution in [2.45, 2.75) is 38.5 Å². The maximum absolute atomic E-state index is 14.1. The van der Waals surface area contributed by atoms with Crippen LogP contribution in [0.2, 0.25) is 0 Å². The Balaban J connectivity index is 1.86. The van der Waals surface area contributed by atoms with E-state index in [0.29, 0.717) is 25.0 Å². The predicted octanol–water partition coefficient (Wildman–Crippen LogP) is 5.68. The summed E-state index contributed by atoms with van der Waals surface area (Å²) in [7, 11) is 0. The van der Waals surface area contributed by atoms with Crippen LogP contribution in [0.3, 0.4) is 0 Å². The lowest BCUT2D eigenvalue weighted by molar-refractivity contribution is 0.187. The lowest BCUT2D eigenvalue weighted by Gasteiger charge is -2.26. The molecule has 1 aromatic carbocycles. The van der Waals surface area contributed by atoms with E-state index >= 15 is 0 Å². The molecule has 2 rings (SSSR count). The van der Waals surface area contributed by atoms with Crippen LogP contribution in [-0.4, -0.2) is 13.2 Å². The maximum Gasteiger partial charge on any atom is 0.204 e. The van der Waals surface area contributed by atoms with Gasteiger partial charge in [0.2, 0.25) is 11.6 Å². The summed E-state index contributed by atoms with van der Waals surface area (Å²) in [6.45, 7) is 8.18. The van der Waals surface area contributed by atoms with Crippen molar-refractivity contribution in [1.82, 2.24) is 0 Å². The number of halogens is 2. The average molecular weight is 336 g/mol. The third-order valence-corrected chi connectivity index (χ3v) is 4.52. The zero-order valence-corrected chi connectivity index (χ0v) is 14.1. The second-order valence-corrected chi connectivity index (χ2v) is 6.30. The van der Waals surface area contributed by atoms with E-state index in [1.54, 1.807) is 6.08 Å². The van der Waals surface area contributed by atoms with Gasteiger partial charge in [0.25, 0.3) is 0 Å². The summed E-state index contributed by atoms with van der Waals surface area (Å²) in [4.78, 5) is 0. The number of ether oxygens (including phenoxy) is 2. The van der Waals surface area contributed by atoms with Crippen LogP contribution in [0.1, 0.15) is 38.5 Å². The second kappa shape index (κ2) is 9.45. The maximum atomic E-state index is 14.1. The van der Waals surface area contributed by atoms with Crippen LogP contribution in [0.25, 0.3) is 0 Å². The summed E-state index contributed by atoms with van der Waals surface area (Å²) in [5.74, 6) is -1.11. The topological polar surface area (TPSA) is 18.5 Å². The van der Waals surface area contributed by atoms with Gasteiger partial charge in [0, 0.05) is 0 Å². The molecule has 0 bridgehead atoms. The van der Waals surface area contributed by atoms with Crippen LogP contribution in [0, 0.1) is 23.5 Å². The van der Waals surface area contributed by atoms with E-state index in [2.05, 4.69) is 13.2 Å². The van der Waals surface area contributed by atoms with Crippen molar-refractivity contribution in [3.63, 3.8) is 0 Å². The number of unbranched alkanes of at least 4 members (excludes halogenated alkanes) is 1. The van der Waals surface area contributed by atoms with Crippen molar-refractivity contribution in [3.05, 3.63) is 49.1 Å². The lowest BCUT2D eigenvalue weighted by atomic mass is 9.82. The molecule has 1 saturated carbocycles. The zero-order valence-electron chi connectivity index (χ0n) is 14.1. The highest BCUT2D eigenvalue weighted by Crippen LogP contribution is 2.32. The molecule has 4 heteroatoms. The first kappa shape index (κ1) is 18.5. The molecule has 0 heterocycles. The Morgan fingerprint density at radius 3 is 2.21 bits per heavy atom. The van der Waals surface area contributed by atoms with E-state index in [1.165, 1.54) is 12.1 Å². The molecule has 0 amide bonds. The Hall–Kier alpha value is -1.84. The summed E-state index contributed by atoms with van der Waals surface area (Å²) >= 11 is 0. The van der Waals surface area contributed by atoms with Gasteiger partial charge < -0.3 is 9.47 Å². The molecule has 2 nitrogen and oxygen atoms in total. The quantitative estimate of drug-likeness (QED) is 0.426. The molecule has 0 N–H and O–H groups in total. The van der Waals surface area contributed by atoms with Crippen LogP contribution in [0.15, 0.2) is 37.4 Å². The number of allylic oxidation sites excluding steroid dienone is 2. The Labute approximate surface area is 143 Å². The summed E-state index contributed by atoms with van der Waals surface area (Å²) in [6.07, 6.45) is 9.50. The number of rotatable bonds is 9. The van der Waals surface area contributed by atoms with Crippen molar-refractivity contribution < 1.29 is 18.3 Å². The fourth-order valence-electron chi connectivity index (χ4n) is 2.95. The van der Waals surface area contributed by atoms with E-state index in [4.69, 9.17) is 9.47 Å². The molecule has 1 aliphatic carbocycles. The van der Waals surface area contributed by atoms with Crippen LogP contribution >= 0.6 is 0 Å². The van der Waals surface area contributed by atoms with Gasteiger partial charge in [0.05, 0.1) is 13.2 Å². The molecule has 132 valence electrons. The van der Waals surface area contributed by atoms with Crippen molar-refractivity contribution >= 4 is 0 Å². The summed E-state index contributed by atoms with van der Waals surface area (Å²) in [6, 6.07) is 2.87. The molecule has 0 spiro atoms. The Kier molecular flexibility index (Phi) is 7.29. The highest BCUT2D eigenvalue weighted by Gasteiger charge is 2.21. The van der Waals surface area contributed by atoms with Crippen LogP contribution in [0.5, 0.6) is 11.5 Å². The SMILES string of the molecule is C=CCCCOc1ccc(OC[C@H]2CC[C@H](C=C)CC2)c(F)c1F. The van der Waals surface area contributed by atoms with Crippen LogP contribution < -0.4 is 9.47 Å². The van der Waals surface area contributed by atoms with Gasteiger partial charge in [-0.1, -0.05) is 12.2 Å². The third kappa shape index (κ3) is 5.08. The highest BCUT2D eigenvalue weighted by molar-refractivity contribution is 5.35. The molecule has 1 aromatic rings. The second-order valence-electron chi connectivity index (χ2n) is 6.30. The van der Waals surface area contributed by atoms with Crippen LogP contribution in [0.4, 0.5) is 8.78 Å². The first-order chi connectivity index (χ1) is 11.7. The lowest BCUT2D eigenvalue weighted by Crippen LogP contribution is -2.19. The standard InChI is InChI=1S/C20H26F2O2/c1-3-5-6-13-23-17-11-12-18(20(22)19(17)21)24-14-16-9-7-15(4-2)8-10-16/h3-4,11-12,15-16H,1-2,5-10,13-14H2/t15-,16-. The highest BCUT2D eigenvalue weighted by atomic mass is 19.2. The molecular formula is C20H26F2O2. The van der Waals surface area contributed by atoms with Crippen molar-refractivity contribution in [3.8, 4) is 11.5 Å². The Bertz CT molecular complexity index is 549. The Morgan fingerprint density at radius 1 is 1.00 bits per heavy atom. The molecule has 0 unspecified atom stereocenters. The van der Waals surface area contributed by atoms with Gasteiger partial charge in [-0.3, -0.25) is 0 Å². The smallest absolute Gasteiger partial charge is 0.204 e. The molecule has 0 saturated heterocycles. The fraction of sp³-hybridized carbons (Fsp3) is 0.500. The van der Waals surface area contributed by atoms with Gasteiger partial charge >= 0.3 is 0 Å². The summed E-state index contributed by atoms with van der Waals surface area (Å²) in [5, 5.41) is 0. The molecule has 1 aliphatic rings. The van der Waals surface area contributed by atoms with Gasteiger partial charge in [0.1, 0.15) is 0 Å². The minimum Gasteiger partial charge on any atom is -0.490 e. The van der Waals surface area contributed by atoms with E-state index < -0.39 is 11.6 Å². The van der Waals surface area contributed by atoms with Crippen LogP contribution in [-0.2, 0) is 0 Å². The molecule has 0 aromatic heterocycles. The van der Waals surface area contributed by atoms with E-state index in [1.807, 2.05) is 6.08 Å². The minimum absolute atomic E-state index is 0.0446. The first-order valence-electron chi connectivity index (χ1n) is 8.62. The molecular weight excluding hydrogens is 310 g/mol. The number of hydrogen-bond donors (Lipinski definition) is 0. The zero-order chi connectivity index (χ0) is 17.4. The van der Waals surface area contributed by atoms with Crippen molar-refractivity contribution in [2.75, 3.05) is 13.2 Å². The monoisotopic (exact) mass is 336 g/mol. The van der Waals surface area contributed by atoms with E-state index in [-0.39, 0.29) is 11.5 Å². The largest absolute Gasteiger partial charge is 0.490 e. The molecule has 1 fully saturated rings. The van der Waals surface area contributed by atoms with Gasteiger partial charge in [-0.2, -0.15) is 8.78 Å². The Morgan fingerprint density at radius 2 is 1.62 bits per heavy atom. The summed E-state index contributed by atoms with van der Waals surface area (Å²) < 4.78 is 38.9. The van der Waals surface area contributed by atoms with E-state index in [9.17, 15) is 8.78 Å². The molecule has 0 aliphatic heterocycles. The number of benzene rings is 1. The van der Waals surface area contributed by atoms with Crippen molar-refractivity contribution in [2.24, 2.45) is 11.8 Å².